The highest BCUT2D eigenvalue weighted by Crippen LogP contribution is 2.49. The third kappa shape index (κ3) is 4.00. The lowest BCUT2D eigenvalue weighted by Crippen LogP contribution is -2.31. The van der Waals surface area contributed by atoms with Gasteiger partial charge in [0, 0.05) is 6.92 Å². The smallest absolute Gasteiger partial charge is 0.198 e. The molecule has 1 rings (SSSR count). The van der Waals surface area contributed by atoms with E-state index < -0.39 is 9.52 Å². The van der Waals surface area contributed by atoms with Crippen LogP contribution in [0, 0.1) is 0 Å². The van der Waals surface area contributed by atoms with Crippen molar-refractivity contribution >= 4 is 53.7 Å². The maximum Gasteiger partial charge on any atom is 0.198 e. The number of rotatable bonds is 6. The van der Waals surface area contributed by atoms with E-state index in [1.807, 2.05) is 0 Å². The molecule has 0 saturated heterocycles. The van der Waals surface area contributed by atoms with Gasteiger partial charge in [0.15, 0.2) is 18.0 Å². The SMILES string of the molecule is CC(=C=O)OC(C)OC(Br)C(Br)(Br)C1=CC1. The fourth-order valence-corrected chi connectivity index (χ4v) is 2.48. The molecule has 0 heterocycles. The fraction of sp³-hybridized carbons (Fsp3) is 0.600. The molecule has 0 N–H and O–H groups in total. The van der Waals surface area contributed by atoms with Crippen molar-refractivity contribution in [2.24, 2.45) is 0 Å². The van der Waals surface area contributed by atoms with Crippen molar-refractivity contribution in [3.05, 3.63) is 17.4 Å². The number of ether oxygens (including phenoxy) is 2. The van der Waals surface area contributed by atoms with Gasteiger partial charge in [0.05, 0.1) is 0 Å². The molecule has 0 saturated carbocycles. The first-order valence-corrected chi connectivity index (χ1v) is 7.13. The van der Waals surface area contributed by atoms with E-state index >= 15 is 0 Å². The third-order valence-electron chi connectivity index (χ3n) is 1.92. The molecule has 16 heavy (non-hydrogen) atoms. The maximum absolute atomic E-state index is 10.3. The Kier molecular flexibility index (Phi) is 5.26. The lowest BCUT2D eigenvalue weighted by Gasteiger charge is -2.27. The Bertz CT molecular complexity index is 345. The van der Waals surface area contributed by atoms with Gasteiger partial charge in [0.2, 0.25) is 0 Å². The van der Waals surface area contributed by atoms with Crippen LogP contribution >= 0.6 is 47.8 Å². The first-order valence-electron chi connectivity index (χ1n) is 4.63. The van der Waals surface area contributed by atoms with Crippen molar-refractivity contribution in [3.8, 4) is 0 Å². The summed E-state index contributed by atoms with van der Waals surface area (Å²) in [6.45, 7) is 3.25. The minimum Gasteiger partial charge on any atom is -0.458 e. The van der Waals surface area contributed by atoms with Crippen LogP contribution in [0.2, 0.25) is 0 Å². The zero-order valence-corrected chi connectivity index (χ0v) is 13.6. The number of allylic oxidation sites excluding steroid dienone is 2. The van der Waals surface area contributed by atoms with Gasteiger partial charge in [-0.25, -0.2) is 4.79 Å². The molecule has 0 fully saturated rings. The summed E-state index contributed by atoms with van der Waals surface area (Å²) in [5.41, 5.74) is 1.21. The molecule has 2 unspecified atom stereocenters. The van der Waals surface area contributed by atoms with Crippen LogP contribution in [0.5, 0.6) is 0 Å². The Balaban J connectivity index is 2.47. The van der Waals surface area contributed by atoms with E-state index in [4.69, 9.17) is 9.47 Å². The van der Waals surface area contributed by atoms with Crippen molar-refractivity contribution < 1.29 is 14.3 Å². The molecule has 0 radical (unpaired) electrons. The lowest BCUT2D eigenvalue weighted by molar-refractivity contribution is -0.109. The van der Waals surface area contributed by atoms with E-state index in [1.165, 1.54) is 12.5 Å². The number of halogens is 3. The Morgan fingerprint density at radius 1 is 1.62 bits per heavy atom. The molecule has 0 spiro atoms. The average molecular weight is 419 g/mol. The monoisotopic (exact) mass is 416 g/mol. The molecular weight excluding hydrogens is 408 g/mol. The van der Waals surface area contributed by atoms with Crippen LogP contribution in [0.25, 0.3) is 0 Å². The Labute approximate surface area is 120 Å². The van der Waals surface area contributed by atoms with Gasteiger partial charge in [-0.15, -0.1) is 0 Å². The van der Waals surface area contributed by atoms with Gasteiger partial charge in [-0.05, 0) is 18.9 Å². The Morgan fingerprint density at radius 2 is 2.19 bits per heavy atom. The largest absolute Gasteiger partial charge is 0.458 e. The molecule has 0 aromatic rings. The molecular formula is C10H11Br3O3. The van der Waals surface area contributed by atoms with Crippen LogP contribution < -0.4 is 0 Å². The molecule has 2 atom stereocenters. The zero-order valence-electron chi connectivity index (χ0n) is 8.80. The lowest BCUT2D eigenvalue weighted by atomic mass is 10.3. The highest BCUT2D eigenvalue weighted by Gasteiger charge is 2.41. The molecule has 1 aliphatic rings. The highest BCUT2D eigenvalue weighted by atomic mass is 79.9. The standard InChI is InChI=1S/C10H11Br3O3/c1-6(5-14)15-7(2)16-9(11)10(12,13)8-3-4-8/h3,7,9H,4H2,1-2H3. The minimum absolute atomic E-state index is 0.174. The molecule has 90 valence electrons. The van der Waals surface area contributed by atoms with Crippen LogP contribution in [0.4, 0.5) is 0 Å². The van der Waals surface area contributed by atoms with Crippen LogP contribution in [-0.4, -0.2) is 20.5 Å². The Morgan fingerprint density at radius 3 is 2.62 bits per heavy atom. The van der Waals surface area contributed by atoms with Crippen molar-refractivity contribution in [3.63, 3.8) is 0 Å². The molecule has 0 amide bonds. The van der Waals surface area contributed by atoms with Crippen molar-refractivity contribution in [1.82, 2.24) is 0 Å². The second-order valence-electron chi connectivity index (χ2n) is 3.35. The summed E-state index contributed by atoms with van der Waals surface area (Å²) < 4.78 is 10.3. The van der Waals surface area contributed by atoms with Crippen molar-refractivity contribution in [1.29, 1.82) is 0 Å². The fourth-order valence-electron chi connectivity index (χ4n) is 1.02. The van der Waals surface area contributed by atoms with E-state index in [0.717, 1.165) is 6.42 Å². The molecule has 0 aliphatic heterocycles. The van der Waals surface area contributed by atoms with Gasteiger partial charge in [-0.3, -0.25) is 0 Å². The van der Waals surface area contributed by atoms with Gasteiger partial charge in [0.1, 0.15) is 8.25 Å². The first-order chi connectivity index (χ1) is 7.37. The van der Waals surface area contributed by atoms with Gasteiger partial charge in [0.25, 0.3) is 0 Å². The summed E-state index contributed by atoms with van der Waals surface area (Å²) in [4.78, 5) is 10.3. The Hall–Kier alpha value is 0.390. The number of alkyl halides is 3. The highest BCUT2D eigenvalue weighted by molar-refractivity contribution is 9.26. The molecule has 1 aliphatic carbocycles. The summed E-state index contributed by atoms with van der Waals surface area (Å²) in [6.07, 6.45) is 2.52. The second-order valence-corrected chi connectivity index (χ2v) is 7.75. The van der Waals surface area contributed by atoms with Crippen LogP contribution in [0.1, 0.15) is 20.3 Å². The van der Waals surface area contributed by atoms with Crippen LogP contribution in [-0.2, 0) is 14.3 Å². The molecule has 3 nitrogen and oxygen atoms in total. The first kappa shape index (κ1) is 14.5. The number of hydrogen-bond acceptors (Lipinski definition) is 3. The molecule has 0 aromatic heterocycles. The maximum atomic E-state index is 10.3. The van der Waals surface area contributed by atoms with Gasteiger partial charge in [-0.1, -0.05) is 53.9 Å². The van der Waals surface area contributed by atoms with Crippen molar-refractivity contribution in [2.75, 3.05) is 0 Å². The van der Waals surface area contributed by atoms with E-state index in [-0.39, 0.29) is 10.8 Å². The van der Waals surface area contributed by atoms with Gasteiger partial charge in [-0.2, -0.15) is 0 Å². The topological polar surface area (TPSA) is 35.5 Å². The van der Waals surface area contributed by atoms with Crippen LogP contribution in [0.3, 0.4) is 0 Å². The predicted molar refractivity (Wildman–Crippen MR) is 72.5 cm³/mol. The normalized spacial score (nSPS) is 18.2. The van der Waals surface area contributed by atoms with E-state index in [0.29, 0.717) is 0 Å². The third-order valence-corrected chi connectivity index (χ3v) is 5.90. The van der Waals surface area contributed by atoms with Gasteiger partial charge < -0.3 is 9.47 Å². The summed E-state index contributed by atoms with van der Waals surface area (Å²) in [7, 11) is 0. The van der Waals surface area contributed by atoms with E-state index in [9.17, 15) is 4.79 Å². The number of carbonyl (C=O) groups excluding carboxylic acids is 1. The van der Waals surface area contributed by atoms with E-state index in [2.05, 4.69) is 53.9 Å². The molecule has 0 aromatic carbocycles. The summed E-state index contributed by atoms with van der Waals surface area (Å²) in [6, 6.07) is 0. The summed E-state index contributed by atoms with van der Waals surface area (Å²) in [5, 5.41) is -0.303. The van der Waals surface area contributed by atoms with Crippen molar-refractivity contribution in [2.45, 2.75) is 34.8 Å². The molecule has 0 bridgehead atoms. The van der Waals surface area contributed by atoms with E-state index in [1.54, 1.807) is 12.9 Å². The zero-order chi connectivity index (χ0) is 12.3. The quantitative estimate of drug-likeness (QED) is 0.217. The number of hydrogen-bond donors (Lipinski definition) is 0. The minimum atomic E-state index is -0.528. The predicted octanol–water partition coefficient (Wildman–Crippen LogP) is 3.64. The second kappa shape index (κ2) is 5.83. The van der Waals surface area contributed by atoms with Crippen LogP contribution in [0.15, 0.2) is 17.4 Å². The summed E-state index contributed by atoms with van der Waals surface area (Å²) >= 11 is 10.5. The molecule has 6 heteroatoms. The summed E-state index contributed by atoms with van der Waals surface area (Å²) in [5.74, 6) is 1.83. The van der Waals surface area contributed by atoms with Gasteiger partial charge >= 0.3 is 0 Å². The average Bonchev–Trinajstić information content (AvgIpc) is 3.00.